The molecule has 0 spiro atoms. The Bertz CT molecular complexity index is 483. The first-order valence-electron chi connectivity index (χ1n) is 7.23. The number of carbonyl (C=O) groups is 1. The summed E-state index contributed by atoms with van der Waals surface area (Å²) in [5, 5.41) is 3.00. The van der Waals surface area contributed by atoms with Crippen molar-refractivity contribution in [1.29, 1.82) is 0 Å². The third-order valence-electron chi connectivity index (χ3n) is 4.18. The summed E-state index contributed by atoms with van der Waals surface area (Å²) < 4.78 is 7.80. The monoisotopic (exact) mass is 262 g/mol. The lowest BCUT2D eigenvalue weighted by atomic mass is 10.2. The molecule has 104 valence electrons. The summed E-state index contributed by atoms with van der Waals surface area (Å²) in [7, 11) is 0. The number of amides is 1. The summed E-state index contributed by atoms with van der Waals surface area (Å²) in [6.45, 7) is 5.63. The molecule has 1 aromatic heterocycles. The number of carbonyl (C=O) groups excluding carboxylic acids is 1. The molecular weight excluding hydrogens is 240 g/mol. The Balaban J connectivity index is 1.63. The van der Waals surface area contributed by atoms with Gasteiger partial charge >= 0.3 is 0 Å². The number of hydrogen-bond donors (Lipinski definition) is 1. The fraction of sp³-hybridized carbons (Fsp3) is 0.667. The summed E-state index contributed by atoms with van der Waals surface area (Å²) in [6.07, 6.45) is 4.20. The highest BCUT2D eigenvalue weighted by Gasteiger charge is 2.27. The van der Waals surface area contributed by atoms with Gasteiger partial charge in [-0.15, -0.1) is 0 Å². The fourth-order valence-corrected chi connectivity index (χ4v) is 3.00. The van der Waals surface area contributed by atoms with Crippen LogP contribution >= 0.6 is 0 Å². The third kappa shape index (κ3) is 2.54. The van der Waals surface area contributed by atoms with E-state index in [2.05, 4.69) is 29.8 Å². The number of ether oxygens (including phenoxy) is 1. The summed E-state index contributed by atoms with van der Waals surface area (Å²) in [5.41, 5.74) is 3.84. The van der Waals surface area contributed by atoms with Gasteiger partial charge in [0.05, 0.1) is 0 Å². The van der Waals surface area contributed by atoms with E-state index >= 15 is 0 Å². The van der Waals surface area contributed by atoms with E-state index in [-0.39, 0.29) is 12.0 Å². The maximum Gasteiger partial charge on any atom is 0.249 e. The van der Waals surface area contributed by atoms with Gasteiger partial charge in [-0.25, -0.2) is 0 Å². The summed E-state index contributed by atoms with van der Waals surface area (Å²) >= 11 is 0. The molecule has 2 aliphatic rings. The second-order valence-electron chi connectivity index (χ2n) is 5.72. The van der Waals surface area contributed by atoms with Crippen LogP contribution in [0.1, 0.15) is 48.7 Å². The van der Waals surface area contributed by atoms with Crippen LogP contribution in [0.2, 0.25) is 0 Å². The maximum atomic E-state index is 11.9. The normalized spacial score (nSPS) is 22.7. The standard InChI is InChI=1S/C15H22N2O2/c1-10-8-12(11(2)17(10)13-5-6-13)9-16-15(18)14-4-3-7-19-14/h8,13-14H,3-7,9H2,1-2H3,(H,16,18). The van der Waals surface area contributed by atoms with Gasteiger partial charge in [-0.1, -0.05) is 0 Å². The minimum Gasteiger partial charge on any atom is -0.368 e. The zero-order chi connectivity index (χ0) is 13.4. The molecule has 0 radical (unpaired) electrons. The summed E-state index contributed by atoms with van der Waals surface area (Å²) in [5.74, 6) is 0.0359. The quantitative estimate of drug-likeness (QED) is 0.904. The highest BCUT2D eigenvalue weighted by Crippen LogP contribution is 2.38. The second kappa shape index (κ2) is 5.00. The molecule has 1 aliphatic carbocycles. The molecule has 1 amide bonds. The predicted octanol–water partition coefficient (Wildman–Crippen LogP) is 2.24. The van der Waals surface area contributed by atoms with Crippen molar-refractivity contribution in [2.24, 2.45) is 0 Å². The van der Waals surface area contributed by atoms with Crippen molar-refractivity contribution in [2.45, 2.75) is 58.2 Å². The van der Waals surface area contributed by atoms with Gasteiger partial charge in [-0.3, -0.25) is 4.79 Å². The van der Waals surface area contributed by atoms with Crippen LogP contribution in [0.3, 0.4) is 0 Å². The van der Waals surface area contributed by atoms with Crippen LogP contribution in [-0.4, -0.2) is 23.2 Å². The molecule has 19 heavy (non-hydrogen) atoms. The topological polar surface area (TPSA) is 43.3 Å². The van der Waals surface area contributed by atoms with Gasteiger partial charge in [0.15, 0.2) is 0 Å². The van der Waals surface area contributed by atoms with Gasteiger partial charge in [-0.05, 0) is 51.2 Å². The largest absolute Gasteiger partial charge is 0.368 e. The van der Waals surface area contributed by atoms with Gasteiger partial charge in [0.2, 0.25) is 5.91 Å². The van der Waals surface area contributed by atoms with E-state index in [0.717, 1.165) is 12.8 Å². The predicted molar refractivity (Wildman–Crippen MR) is 73.0 cm³/mol. The van der Waals surface area contributed by atoms with Crippen LogP contribution in [0.5, 0.6) is 0 Å². The first-order chi connectivity index (χ1) is 9.16. The van der Waals surface area contributed by atoms with Crippen molar-refractivity contribution in [3.8, 4) is 0 Å². The van der Waals surface area contributed by atoms with E-state index in [4.69, 9.17) is 4.74 Å². The molecular formula is C15H22N2O2. The van der Waals surface area contributed by atoms with E-state index < -0.39 is 0 Å². The van der Waals surface area contributed by atoms with Gasteiger partial charge in [0.25, 0.3) is 0 Å². The molecule has 1 saturated carbocycles. The molecule has 0 aromatic carbocycles. The Labute approximate surface area is 114 Å². The first kappa shape index (κ1) is 12.7. The number of nitrogens with one attached hydrogen (secondary N) is 1. The van der Waals surface area contributed by atoms with E-state index in [9.17, 15) is 4.79 Å². The lowest BCUT2D eigenvalue weighted by Gasteiger charge is -2.11. The van der Waals surface area contributed by atoms with E-state index in [1.165, 1.54) is 29.8 Å². The molecule has 1 saturated heterocycles. The number of rotatable bonds is 4. The van der Waals surface area contributed by atoms with Crippen molar-refractivity contribution >= 4 is 5.91 Å². The van der Waals surface area contributed by atoms with Crippen LogP contribution in [-0.2, 0) is 16.1 Å². The van der Waals surface area contributed by atoms with Crippen LogP contribution in [0.25, 0.3) is 0 Å². The SMILES string of the molecule is Cc1cc(CNC(=O)C2CCCO2)c(C)n1C1CC1. The third-order valence-corrected chi connectivity index (χ3v) is 4.18. The van der Waals surface area contributed by atoms with Crippen molar-refractivity contribution in [3.05, 3.63) is 23.0 Å². The molecule has 2 fully saturated rings. The van der Waals surface area contributed by atoms with E-state index in [0.29, 0.717) is 19.2 Å². The number of aromatic nitrogens is 1. The fourth-order valence-electron chi connectivity index (χ4n) is 3.00. The molecule has 0 bridgehead atoms. The van der Waals surface area contributed by atoms with Crippen molar-refractivity contribution in [2.75, 3.05) is 6.61 Å². The summed E-state index contributed by atoms with van der Waals surface area (Å²) in [4.78, 5) is 11.9. The Hall–Kier alpha value is -1.29. The molecule has 2 heterocycles. The Kier molecular flexibility index (Phi) is 3.35. The van der Waals surface area contributed by atoms with E-state index in [1.54, 1.807) is 0 Å². The minimum atomic E-state index is -0.230. The van der Waals surface area contributed by atoms with Crippen molar-refractivity contribution < 1.29 is 9.53 Å². The maximum absolute atomic E-state index is 11.9. The zero-order valence-corrected chi connectivity index (χ0v) is 11.7. The van der Waals surface area contributed by atoms with Crippen molar-refractivity contribution in [1.82, 2.24) is 9.88 Å². The molecule has 1 aliphatic heterocycles. The molecule has 4 nitrogen and oxygen atoms in total. The van der Waals surface area contributed by atoms with Crippen LogP contribution in [0.15, 0.2) is 6.07 Å². The molecule has 1 atom stereocenters. The smallest absolute Gasteiger partial charge is 0.249 e. The highest BCUT2D eigenvalue weighted by molar-refractivity contribution is 5.80. The van der Waals surface area contributed by atoms with Crippen LogP contribution in [0.4, 0.5) is 0 Å². The average Bonchev–Trinajstić information content (AvgIpc) is 2.98. The van der Waals surface area contributed by atoms with E-state index in [1.807, 2.05) is 0 Å². The first-order valence-corrected chi connectivity index (χ1v) is 7.23. The lowest BCUT2D eigenvalue weighted by molar-refractivity contribution is -0.130. The van der Waals surface area contributed by atoms with Crippen LogP contribution in [0, 0.1) is 13.8 Å². The number of hydrogen-bond acceptors (Lipinski definition) is 2. The molecule has 4 heteroatoms. The number of aryl methyl sites for hydroxylation is 1. The Morgan fingerprint density at radius 3 is 2.84 bits per heavy atom. The molecule has 1 unspecified atom stereocenters. The Morgan fingerprint density at radius 1 is 1.42 bits per heavy atom. The Morgan fingerprint density at radius 2 is 2.21 bits per heavy atom. The molecule has 1 N–H and O–H groups in total. The average molecular weight is 262 g/mol. The number of nitrogens with zero attached hydrogens (tertiary/aromatic N) is 1. The lowest BCUT2D eigenvalue weighted by Crippen LogP contribution is -2.33. The highest BCUT2D eigenvalue weighted by atomic mass is 16.5. The van der Waals surface area contributed by atoms with Gasteiger partial charge in [0, 0.05) is 30.6 Å². The molecule has 1 aromatic rings. The van der Waals surface area contributed by atoms with Gasteiger partial charge in [-0.2, -0.15) is 0 Å². The van der Waals surface area contributed by atoms with Crippen molar-refractivity contribution in [3.63, 3.8) is 0 Å². The molecule has 3 rings (SSSR count). The second-order valence-corrected chi connectivity index (χ2v) is 5.72. The zero-order valence-electron chi connectivity index (χ0n) is 11.7. The minimum absolute atomic E-state index is 0.0359. The van der Waals surface area contributed by atoms with Gasteiger partial charge < -0.3 is 14.6 Å². The summed E-state index contributed by atoms with van der Waals surface area (Å²) in [6, 6.07) is 2.89. The van der Waals surface area contributed by atoms with Gasteiger partial charge in [0.1, 0.15) is 6.10 Å². The van der Waals surface area contributed by atoms with Crippen LogP contribution < -0.4 is 5.32 Å².